The van der Waals surface area contributed by atoms with Crippen LogP contribution in [0.2, 0.25) is 0 Å². The Labute approximate surface area is 172 Å². The highest BCUT2D eigenvalue weighted by Crippen LogP contribution is 2.38. The minimum Gasteiger partial charge on any atom is -0.493 e. The number of sulfone groups is 1. The molecule has 1 atom stereocenters. The molecule has 0 aliphatic carbocycles. The number of carbonyl (C=O) groups excluding carboxylic acids is 1. The molecule has 0 unspecified atom stereocenters. The number of hydrogen-bond acceptors (Lipinski definition) is 6. The smallest absolute Gasteiger partial charge is 0.233 e. The number of rotatable bonds is 7. The lowest BCUT2D eigenvalue weighted by atomic mass is 10.1. The first-order valence-electron chi connectivity index (χ1n) is 8.68. The molecule has 0 bridgehead atoms. The fourth-order valence-electron chi connectivity index (χ4n) is 3.28. The Morgan fingerprint density at radius 1 is 1.29 bits per heavy atom. The third kappa shape index (κ3) is 4.30. The van der Waals surface area contributed by atoms with E-state index in [1.807, 2.05) is 13.0 Å². The van der Waals surface area contributed by atoms with E-state index >= 15 is 0 Å². The van der Waals surface area contributed by atoms with Crippen molar-refractivity contribution in [3.05, 3.63) is 46.1 Å². The van der Waals surface area contributed by atoms with Gasteiger partial charge in [-0.3, -0.25) is 9.69 Å². The molecule has 1 aliphatic rings. The highest BCUT2D eigenvalue weighted by Gasteiger charge is 2.37. The number of methoxy groups -OCH3 is 1. The molecule has 3 rings (SSSR count). The highest BCUT2D eigenvalue weighted by atomic mass is 79.9. The summed E-state index contributed by atoms with van der Waals surface area (Å²) in [6.07, 6.45) is 2.93. The van der Waals surface area contributed by atoms with Crippen LogP contribution in [0, 0.1) is 0 Å². The molecule has 0 spiro atoms. The van der Waals surface area contributed by atoms with Gasteiger partial charge in [-0.2, -0.15) is 0 Å². The summed E-state index contributed by atoms with van der Waals surface area (Å²) in [4.78, 5) is 18.6. The van der Waals surface area contributed by atoms with E-state index in [0.29, 0.717) is 29.5 Å². The van der Waals surface area contributed by atoms with E-state index in [2.05, 4.69) is 20.9 Å². The number of fused-ring (bicyclic) bond motifs is 1. The van der Waals surface area contributed by atoms with Crippen LogP contribution in [0.25, 0.3) is 0 Å². The lowest BCUT2D eigenvalue weighted by Gasteiger charge is -2.28. The number of ether oxygens (including phenoxy) is 2. The van der Waals surface area contributed by atoms with Crippen molar-refractivity contribution in [2.24, 2.45) is 0 Å². The number of aromatic nitrogens is 1. The van der Waals surface area contributed by atoms with E-state index in [-0.39, 0.29) is 18.1 Å². The monoisotopic (exact) mass is 468 g/mol. The first kappa shape index (κ1) is 20.6. The number of pyridine rings is 1. The molecule has 9 heteroatoms. The van der Waals surface area contributed by atoms with Crippen LogP contribution in [0.5, 0.6) is 11.5 Å². The Kier molecular flexibility index (Phi) is 5.95. The summed E-state index contributed by atoms with van der Waals surface area (Å²) >= 11 is 3.36. The van der Waals surface area contributed by atoms with Crippen molar-refractivity contribution in [3.8, 4) is 11.5 Å². The number of benzene rings is 1. The maximum absolute atomic E-state index is 12.8. The largest absolute Gasteiger partial charge is 0.493 e. The van der Waals surface area contributed by atoms with Gasteiger partial charge >= 0.3 is 0 Å². The van der Waals surface area contributed by atoms with Crippen LogP contribution < -0.4 is 14.4 Å². The summed E-state index contributed by atoms with van der Waals surface area (Å²) in [5.41, 5.74) is 1.40. The van der Waals surface area contributed by atoms with E-state index < -0.39 is 15.9 Å². The average Bonchev–Trinajstić information content (AvgIpc) is 2.94. The number of hydrogen-bond donors (Lipinski definition) is 0. The van der Waals surface area contributed by atoms with Crippen LogP contribution in [0.4, 0.5) is 5.82 Å². The van der Waals surface area contributed by atoms with Crippen molar-refractivity contribution in [2.75, 3.05) is 30.6 Å². The fraction of sp³-hybridized carbons (Fsp3) is 0.368. The number of anilines is 1. The summed E-state index contributed by atoms with van der Waals surface area (Å²) in [5, 5.41) is 0. The quantitative estimate of drug-likeness (QED) is 0.620. The molecule has 1 aromatic carbocycles. The summed E-state index contributed by atoms with van der Waals surface area (Å²) in [5.74, 6) is 1.10. The van der Waals surface area contributed by atoms with E-state index in [1.54, 1.807) is 24.4 Å². The zero-order valence-electron chi connectivity index (χ0n) is 15.8. The third-order valence-electron chi connectivity index (χ3n) is 4.39. The Morgan fingerprint density at radius 2 is 2.04 bits per heavy atom. The second-order valence-electron chi connectivity index (χ2n) is 6.53. The van der Waals surface area contributed by atoms with Gasteiger partial charge in [-0.1, -0.05) is 6.07 Å². The van der Waals surface area contributed by atoms with Crippen LogP contribution >= 0.6 is 15.9 Å². The molecule has 1 amide bonds. The van der Waals surface area contributed by atoms with E-state index in [9.17, 15) is 13.2 Å². The molecule has 0 saturated carbocycles. The second-order valence-corrected chi connectivity index (χ2v) is 9.63. The van der Waals surface area contributed by atoms with Crippen LogP contribution in [-0.4, -0.2) is 45.0 Å². The molecule has 1 aromatic heterocycles. The number of carbonyl (C=O) groups is 1. The topological polar surface area (TPSA) is 85.8 Å². The predicted octanol–water partition coefficient (Wildman–Crippen LogP) is 2.93. The Morgan fingerprint density at radius 3 is 2.68 bits per heavy atom. The first-order chi connectivity index (χ1) is 13.2. The molecule has 0 saturated heterocycles. The van der Waals surface area contributed by atoms with Gasteiger partial charge in [-0.25, -0.2) is 13.4 Å². The van der Waals surface area contributed by atoms with Crippen molar-refractivity contribution in [1.29, 1.82) is 0 Å². The van der Waals surface area contributed by atoms with Crippen molar-refractivity contribution in [1.82, 2.24) is 4.98 Å². The molecular weight excluding hydrogens is 448 g/mol. The molecule has 1 aliphatic heterocycles. The zero-order valence-corrected chi connectivity index (χ0v) is 18.2. The molecule has 150 valence electrons. The molecule has 7 nitrogen and oxygen atoms in total. The lowest BCUT2D eigenvalue weighted by Crippen LogP contribution is -2.36. The van der Waals surface area contributed by atoms with Gasteiger partial charge in [0.25, 0.3) is 0 Å². The number of amides is 1. The summed E-state index contributed by atoms with van der Waals surface area (Å²) in [6.45, 7) is 2.28. The third-order valence-corrected chi connectivity index (χ3v) is 5.75. The van der Waals surface area contributed by atoms with E-state index in [4.69, 9.17) is 9.47 Å². The zero-order chi connectivity index (χ0) is 20.5. The Bertz CT molecular complexity index is 1010. The van der Waals surface area contributed by atoms with Gasteiger partial charge in [0.2, 0.25) is 5.91 Å². The summed E-state index contributed by atoms with van der Waals surface area (Å²) in [6, 6.07) is 6.30. The molecule has 0 radical (unpaired) electrons. The number of nitrogens with zero attached hydrogens (tertiary/aromatic N) is 2. The van der Waals surface area contributed by atoms with Gasteiger partial charge in [-0.05, 0) is 46.6 Å². The molecule has 0 N–H and O–H groups in total. The Balaban J connectivity index is 2.11. The van der Waals surface area contributed by atoms with E-state index in [1.165, 1.54) is 12.0 Å². The van der Waals surface area contributed by atoms with Crippen molar-refractivity contribution >= 4 is 37.5 Å². The molecule has 0 fully saturated rings. The van der Waals surface area contributed by atoms with Crippen LogP contribution in [-0.2, 0) is 21.1 Å². The predicted molar refractivity (Wildman–Crippen MR) is 110 cm³/mol. The normalized spacial score (nSPS) is 14.7. The van der Waals surface area contributed by atoms with Crippen LogP contribution in [0.3, 0.4) is 0 Å². The summed E-state index contributed by atoms with van der Waals surface area (Å²) in [7, 11) is -1.85. The van der Waals surface area contributed by atoms with Gasteiger partial charge in [0.05, 0.1) is 31.9 Å². The van der Waals surface area contributed by atoms with Crippen LogP contribution in [0.15, 0.2) is 34.9 Å². The standard InChI is InChI=1S/C19H21BrN2O5S/c1-4-27-17-8-12(5-6-16(17)26-2)15(11-28(3,24)25)22-18(23)9-13-7-14(20)10-21-19(13)22/h5-8,10,15H,4,9,11H2,1-3H3/t15-/m0/s1. The van der Waals surface area contributed by atoms with Gasteiger partial charge < -0.3 is 9.47 Å². The highest BCUT2D eigenvalue weighted by molar-refractivity contribution is 9.10. The van der Waals surface area contributed by atoms with Gasteiger partial charge in [0.1, 0.15) is 15.7 Å². The van der Waals surface area contributed by atoms with Crippen molar-refractivity contribution in [3.63, 3.8) is 0 Å². The van der Waals surface area contributed by atoms with Gasteiger partial charge in [0.15, 0.2) is 11.5 Å². The Hall–Kier alpha value is -2.13. The first-order valence-corrected chi connectivity index (χ1v) is 11.5. The average molecular weight is 469 g/mol. The molecular formula is C19H21BrN2O5S. The van der Waals surface area contributed by atoms with Gasteiger partial charge in [-0.15, -0.1) is 0 Å². The second kappa shape index (κ2) is 8.08. The number of halogens is 1. The minimum atomic E-state index is -3.39. The fourth-order valence-corrected chi connectivity index (χ4v) is 4.58. The molecule has 2 aromatic rings. The van der Waals surface area contributed by atoms with Gasteiger partial charge in [0, 0.05) is 22.5 Å². The lowest BCUT2D eigenvalue weighted by molar-refractivity contribution is -0.117. The van der Waals surface area contributed by atoms with Crippen molar-refractivity contribution in [2.45, 2.75) is 19.4 Å². The van der Waals surface area contributed by atoms with Crippen LogP contribution in [0.1, 0.15) is 24.1 Å². The summed E-state index contributed by atoms with van der Waals surface area (Å²) < 4.78 is 36.0. The molecule has 28 heavy (non-hydrogen) atoms. The molecule has 2 heterocycles. The SMILES string of the molecule is CCOc1cc([C@H](CS(C)(=O)=O)N2C(=O)Cc3cc(Br)cnc32)ccc1OC. The maximum atomic E-state index is 12.8. The minimum absolute atomic E-state index is 0.177. The van der Waals surface area contributed by atoms with E-state index in [0.717, 1.165) is 16.3 Å². The van der Waals surface area contributed by atoms with Crippen molar-refractivity contribution < 1.29 is 22.7 Å². The maximum Gasteiger partial charge on any atom is 0.233 e.